The lowest BCUT2D eigenvalue weighted by Gasteiger charge is -2.15. The second kappa shape index (κ2) is 5.80. The van der Waals surface area contributed by atoms with Gasteiger partial charge in [0.15, 0.2) is 0 Å². The van der Waals surface area contributed by atoms with E-state index in [1.54, 1.807) is 0 Å². The van der Waals surface area contributed by atoms with Gasteiger partial charge in [-0.15, -0.1) is 0 Å². The van der Waals surface area contributed by atoms with Gasteiger partial charge in [-0.1, -0.05) is 50.0 Å². The summed E-state index contributed by atoms with van der Waals surface area (Å²) < 4.78 is 26.2. The minimum atomic E-state index is -3.13. The van der Waals surface area contributed by atoms with Gasteiger partial charge in [-0.25, -0.2) is 13.1 Å². The Hall–Kier alpha value is -0.653. The quantitative estimate of drug-likeness (QED) is 0.808. The Morgan fingerprint density at radius 1 is 1.12 bits per heavy atom. The van der Waals surface area contributed by atoms with Gasteiger partial charge in [0, 0.05) is 14.6 Å². The second-order valence-electron chi connectivity index (χ2n) is 5.44. The molecule has 0 spiro atoms. The van der Waals surface area contributed by atoms with E-state index >= 15 is 0 Å². The first-order chi connectivity index (χ1) is 7.79. The lowest BCUT2D eigenvalue weighted by Crippen LogP contribution is -2.30. The lowest BCUT2D eigenvalue weighted by atomic mass is 10.2. The number of sulfonamides is 1. The normalized spacial score (nSPS) is 12.6. The fourth-order valence-electron chi connectivity index (χ4n) is 1.30. The van der Waals surface area contributed by atoms with E-state index in [9.17, 15) is 8.42 Å². The van der Waals surface area contributed by atoms with Gasteiger partial charge in [0.2, 0.25) is 10.0 Å². The van der Waals surface area contributed by atoms with Crippen LogP contribution in [0.2, 0.25) is 25.7 Å². The van der Waals surface area contributed by atoms with Gasteiger partial charge in [-0.2, -0.15) is 0 Å². The summed E-state index contributed by atoms with van der Waals surface area (Å²) in [5.41, 5.74) is 0.990. The van der Waals surface area contributed by atoms with Crippen molar-refractivity contribution in [1.82, 2.24) is 4.72 Å². The van der Waals surface area contributed by atoms with E-state index in [-0.39, 0.29) is 5.75 Å². The summed E-state index contributed by atoms with van der Waals surface area (Å²) in [5, 5.41) is 0. The molecule has 0 saturated carbocycles. The van der Waals surface area contributed by atoms with E-state index in [4.69, 9.17) is 0 Å². The van der Waals surface area contributed by atoms with Crippen molar-refractivity contribution in [3.63, 3.8) is 0 Å². The molecule has 0 amide bonds. The van der Waals surface area contributed by atoms with Crippen LogP contribution in [0.1, 0.15) is 5.56 Å². The van der Waals surface area contributed by atoms with Crippen molar-refractivity contribution in [2.75, 3.05) is 5.75 Å². The SMILES string of the molecule is C[Si](C)(C)CCS(=O)(=O)NCc1ccccc1. The van der Waals surface area contributed by atoms with Crippen molar-refractivity contribution in [2.24, 2.45) is 0 Å². The molecule has 0 aliphatic rings. The van der Waals surface area contributed by atoms with E-state index in [0.29, 0.717) is 6.54 Å². The van der Waals surface area contributed by atoms with E-state index in [1.165, 1.54) is 0 Å². The molecule has 0 bridgehead atoms. The Bertz CT molecular complexity index is 437. The first-order valence-corrected chi connectivity index (χ1v) is 11.2. The topological polar surface area (TPSA) is 46.2 Å². The fraction of sp³-hybridized carbons (Fsp3) is 0.500. The molecule has 0 radical (unpaired) electrons. The summed E-state index contributed by atoms with van der Waals surface area (Å²) >= 11 is 0. The highest BCUT2D eigenvalue weighted by Crippen LogP contribution is 2.09. The molecule has 1 aromatic rings. The third kappa shape index (κ3) is 6.60. The van der Waals surface area contributed by atoms with Crippen LogP contribution in [0.5, 0.6) is 0 Å². The van der Waals surface area contributed by atoms with Gasteiger partial charge in [0.1, 0.15) is 0 Å². The zero-order valence-electron chi connectivity index (χ0n) is 10.7. The molecule has 0 aliphatic heterocycles. The molecule has 96 valence electrons. The molecule has 1 aromatic carbocycles. The van der Waals surface area contributed by atoms with Crippen molar-refractivity contribution >= 4 is 18.1 Å². The van der Waals surface area contributed by atoms with Gasteiger partial charge < -0.3 is 0 Å². The summed E-state index contributed by atoms with van der Waals surface area (Å²) in [5.74, 6) is 0.246. The molecule has 1 N–H and O–H groups in total. The van der Waals surface area contributed by atoms with Crippen LogP contribution in [-0.2, 0) is 16.6 Å². The highest BCUT2D eigenvalue weighted by atomic mass is 32.2. The monoisotopic (exact) mass is 271 g/mol. The number of benzene rings is 1. The first-order valence-electron chi connectivity index (χ1n) is 5.80. The van der Waals surface area contributed by atoms with Crippen LogP contribution in [0, 0.1) is 0 Å². The van der Waals surface area contributed by atoms with Crippen molar-refractivity contribution in [2.45, 2.75) is 32.2 Å². The first kappa shape index (κ1) is 14.4. The highest BCUT2D eigenvalue weighted by molar-refractivity contribution is 7.89. The van der Waals surface area contributed by atoms with Gasteiger partial charge >= 0.3 is 0 Å². The average Bonchev–Trinajstić information content (AvgIpc) is 2.25. The van der Waals surface area contributed by atoms with Gasteiger partial charge in [0.05, 0.1) is 5.75 Å². The van der Waals surface area contributed by atoms with E-state index in [0.717, 1.165) is 11.6 Å². The van der Waals surface area contributed by atoms with Crippen LogP contribution in [-0.4, -0.2) is 22.2 Å². The Morgan fingerprint density at radius 2 is 1.71 bits per heavy atom. The third-order valence-corrected chi connectivity index (χ3v) is 5.90. The third-order valence-electron chi connectivity index (χ3n) is 2.46. The molecule has 0 aliphatic carbocycles. The molecule has 3 nitrogen and oxygen atoms in total. The summed E-state index contributed by atoms with van der Waals surface area (Å²) in [6.45, 7) is 6.92. The maximum absolute atomic E-state index is 11.8. The minimum absolute atomic E-state index is 0.246. The largest absolute Gasteiger partial charge is 0.212 e. The van der Waals surface area contributed by atoms with Crippen LogP contribution >= 0.6 is 0 Å². The van der Waals surface area contributed by atoms with Crippen LogP contribution in [0.25, 0.3) is 0 Å². The van der Waals surface area contributed by atoms with E-state index in [1.807, 2.05) is 30.3 Å². The number of rotatable bonds is 6. The highest BCUT2D eigenvalue weighted by Gasteiger charge is 2.18. The minimum Gasteiger partial charge on any atom is -0.212 e. The Labute approximate surface area is 105 Å². The molecule has 0 fully saturated rings. The maximum Gasteiger partial charge on any atom is 0.211 e. The number of nitrogens with one attached hydrogen (secondary N) is 1. The van der Waals surface area contributed by atoms with Crippen molar-refractivity contribution in [1.29, 1.82) is 0 Å². The molecule has 0 saturated heterocycles. The van der Waals surface area contributed by atoms with E-state index in [2.05, 4.69) is 24.4 Å². The molecule has 5 heteroatoms. The number of hydrogen-bond acceptors (Lipinski definition) is 2. The molecule has 0 heterocycles. The summed E-state index contributed by atoms with van der Waals surface area (Å²) in [6, 6.07) is 10.4. The molecule has 1 rings (SSSR count). The predicted octanol–water partition coefficient (Wildman–Crippen LogP) is 2.44. The molecular weight excluding hydrogens is 250 g/mol. The van der Waals surface area contributed by atoms with Crippen molar-refractivity contribution in [3.8, 4) is 0 Å². The van der Waals surface area contributed by atoms with Gasteiger partial charge in [0.25, 0.3) is 0 Å². The Morgan fingerprint density at radius 3 is 2.24 bits per heavy atom. The van der Waals surface area contributed by atoms with Gasteiger partial charge in [-0.05, 0) is 11.6 Å². The Kier molecular flexibility index (Phi) is 4.91. The fourth-order valence-corrected chi connectivity index (χ4v) is 5.36. The maximum atomic E-state index is 11.8. The molecule has 0 aromatic heterocycles. The zero-order chi connectivity index (χ0) is 12.9. The Balaban J connectivity index is 2.46. The standard InChI is InChI=1S/C12H21NO2SSi/c1-17(2,3)10-9-16(14,15)13-11-12-7-5-4-6-8-12/h4-8,13H,9-11H2,1-3H3. The summed E-state index contributed by atoms with van der Waals surface area (Å²) in [4.78, 5) is 0. The second-order valence-corrected chi connectivity index (χ2v) is 13.0. The molecule has 0 unspecified atom stereocenters. The molecule has 0 atom stereocenters. The predicted molar refractivity (Wildman–Crippen MR) is 75.2 cm³/mol. The lowest BCUT2D eigenvalue weighted by molar-refractivity contribution is 0.582. The number of hydrogen-bond donors (Lipinski definition) is 1. The van der Waals surface area contributed by atoms with Crippen LogP contribution in [0.3, 0.4) is 0 Å². The van der Waals surface area contributed by atoms with Gasteiger partial charge in [-0.3, -0.25) is 0 Å². The average molecular weight is 271 g/mol. The van der Waals surface area contributed by atoms with Crippen LogP contribution < -0.4 is 4.72 Å². The summed E-state index contributed by atoms with van der Waals surface area (Å²) in [7, 11) is -4.42. The van der Waals surface area contributed by atoms with Crippen molar-refractivity contribution in [3.05, 3.63) is 35.9 Å². The molecular formula is C12H21NO2SSi. The molecule has 17 heavy (non-hydrogen) atoms. The van der Waals surface area contributed by atoms with Crippen molar-refractivity contribution < 1.29 is 8.42 Å². The summed E-state index contributed by atoms with van der Waals surface area (Å²) in [6.07, 6.45) is 0. The zero-order valence-corrected chi connectivity index (χ0v) is 12.5. The van der Waals surface area contributed by atoms with E-state index < -0.39 is 18.1 Å². The van der Waals surface area contributed by atoms with Crippen LogP contribution in [0.4, 0.5) is 0 Å². The van der Waals surface area contributed by atoms with Crippen LogP contribution in [0.15, 0.2) is 30.3 Å². The smallest absolute Gasteiger partial charge is 0.211 e.